The van der Waals surface area contributed by atoms with E-state index < -0.39 is 14.9 Å². The van der Waals surface area contributed by atoms with E-state index in [4.69, 9.17) is 10.8 Å². The number of nitro benzene ring substituents is 1. The van der Waals surface area contributed by atoms with Crippen LogP contribution >= 0.6 is 0 Å². The van der Waals surface area contributed by atoms with Crippen LogP contribution in [0.1, 0.15) is 11.5 Å². The van der Waals surface area contributed by atoms with E-state index in [1.807, 2.05) is 0 Å². The Kier molecular flexibility index (Phi) is 5.39. The molecule has 0 saturated carbocycles. The zero-order chi connectivity index (χ0) is 17.7. The number of sulfonamides is 1. The van der Waals surface area contributed by atoms with Gasteiger partial charge in [-0.05, 0) is 31.2 Å². The Bertz CT molecular complexity index is 863. The molecular weight excluding hydrogens is 332 g/mol. The molecule has 0 saturated heterocycles. The summed E-state index contributed by atoms with van der Waals surface area (Å²) in [5.74, 6) is 3.73. The summed E-state index contributed by atoms with van der Waals surface area (Å²) >= 11 is 0. The van der Waals surface area contributed by atoms with E-state index >= 15 is 0 Å². The highest BCUT2D eigenvalue weighted by Gasteiger charge is 2.24. The first kappa shape index (κ1) is 17.7. The number of hydrogen-bond acceptors (Lipinski definition) is 5. The molecule has 0 radical (unpaired) electrons. The van der Waals surface area contributed by atoms with Crippen LogP contribution in [0.5, 0.6) is 0 Å². The standard InChI is InChI=1S/C16H16N2O5S/c1-3-11-17(12-10-15-7-4-13(2)23-15)24(21,22)16-8-5-14(6-9-16)18(19)20/h1,4-9H,10-12H2,2H3. The van der Waals surface area contributed by atoms with Crippen molar-refractivity contribution in [3.8, 4) is 12.3 Å². The van der Waals surface area contributed by atoms with Gasteiger partial charge in [0.25, 0.3) is 5.69 Å². The fraction of sp³-hybridized carbons (Fsp3) is 0.250. The molecule has 2 aromatic rings. The van der Waals surface area contributed by atoms with Crippen molar-refractivity contribution in [2.24, 2.45) is 0 Å². The van der Waals surface area contributed by atoms with Crippen molar-refractivity contribution in [3.63, 3.8) is 0 Å². The Morgan fingerprint density at radius 1 is 1.25 bits per heavy atom. The van der Waals surface area contributed by atoms with Crippen LogP contribution in [0.15, 0.2) is 45.7 Å². The van der Waals surface area contributed by atoms with Crippen LogP contribution < -0.4 is 0 Å². The maximum Gasteiger partial charge on any atom is 0.269 e. The second kappa shape index (κ2) is 7.29. The average Bonchev–Trinajstić information content (AvgIpc) is 2.96. The summed E-state index contributed by atoms with van der Waals surface area (Å²) < 4.78 is 31.9. The van der Waals surface area contributed by atoms with Crippen LogP contribution in [0.3, 0.4) is 0 Å². The van der Waals surface area contributed by atoms with Crippen LogP contribution in [0.4, 0.5) is 5.69 Å². The van der Waals surface area contributed by atoms with Gasteiger partial charge in [0.05, 0.1) is 16.4 Å². The predicted molar refractivity (Wildman–Crippen MR) is 87.8 cm³/mol. The first-order valence-electron chi connectivity index (χ1n) is 7.08. The van der Waals surface area contributed by atoms with Crippen molar-refractivity contribution in [2.45, 2.75) is 18.2 Å². The Morgan fingerprint density at radius 3 is 2.42 bits per heavy atom. The van der Waals surface area contributed by atoms with Crippen LogP contribution in [0.25, 0.3) is 0 Å². The maximum atomic E-state index is 12.7. The van der Waals surface area contributed by atoms with E-state index in [2.05, 4.69) is 5.92 Å². The van der Waals surface area contributed by atoms with Crippen molar-refractivity contribution in [1.82, 2.24) is 4.31 Å². The Balaban J connectivity index is 2.21. The molecule has 1 aromatic carbocycles. The van der Waals surface area contributed by atoms with Crippen LogP contribution in [-0.4, -0.2) is 30.7 Å². The van der Waals surface area contributed by atoms with Gasteiger partial charge < -0.3 is 4.42 Å². The predicted octanol–water partition coefficient (Wildman–Crippen LogP) is 2.36. The summed E-state index contributed by atoms with van der Waals surface area (Å²) in [5.41, 5.74) is -0.177. The fourth-order valence-corrected chi connectivity index (χ4v) is 3.48. The summed E-state index contributed by atoms with van der Waals surface area (Å²) in [6.45, 7) is 1.85. The molecule has 0 unspecified atom stereocenters. The molecule has 0 atom stereocenters. The third-order valence-corrected chi connectivity index (χ3v) is 5.22. The molecule has 0 aliphatic rings. The summed E-state index contributed by atoms with van der Waals surface area (Å²) in [6, 6.07) is 8.28. The zero-order valence-corrected chi connectivity index (χ0v) is 13.8. The highest BCUT2D eigenvalue weighted by Crippen LogP contribution is 2.20. The second-order valence-electron chi connectivity index (χ2n) is 5.06. The summed E-state index contributed by atoms with van der Waals surface area (Å²) in [7, 11) is -3.84. The molecule has 0 spiro atoms. The van der Waals surface area contributed by atoms with Gasteiger partial charge in [-0.25, -0.2) is 8.42 Å². The van der Waals surface area contributed by atoms with Crippen molar-refractivity contribution >= 4 is 15.7 Å². The molecule has 0 N–H and O–H groups in total. The van der Waals surface area contributed by atoms with E-state index in [0.717, 1.165) is 22.2 Å². The number of furan rings is 1. The Morgan fingerprint density at radius 2 is 1.92 bits per heavy atom. The number of aryl methyl sites for hydroxylation is 1. The molecule has 0 amide bonds. The van der Waals surface area contributed by atoms with E-state index in [0.29, 0.717) is 12.2 Å². The number of rotatable bonds is 7. The molecular formula is C16H16N2O5S. The minimum absolute atomic E-state index is 0.0426. The van der Waals surface area contributed by atoms with E-state index in [1.165, 1.54) is 12.1 Å². The van der Waals surface area contributed by atoms with Gasteiger partial charge in [0, 0.05) is 25.1 Å². The molecule has 0 aliphatic carbocycles. The van der Waals surface area contributed by atoms with Crippen LogP contribution in [0.2, 0.25) is 0 Å². The molecule has 2 rings (SSSR count). The number of nitrogens with zero attached hydrogens (tertiary/aromatic N) is 2. The zero-order valence-electron chi connectivity index (χ0n) is 13.0. The average molecular weight is 348 g/mol. The number of benzene rings is 1. The highest BCUT2D eigenvalue weighted by atomic mass is 32.2. The van der Waals surface area contributed by atoms with Crippen molar-refractivity contribution in [2.75, 3.05) is 13.1 Å². The third kappa shape index (κ3) is 4.01. The van der Waals surface area contributed by atoms with Gasteiger partial charge in [0.1, 0.15) is 11.5 Å². The summed E-state index contributed by atoms with van der Waals surface area (Å²) in [4.78, 5) is 10.0. The number of hydrogen-bond donors (Lipinski definition) is 0. The smallest absolute Gasteiger partial charge is 0.269 e. The molecule has 0 fully saturated rings. The van der Waals surface area contributed by atoms with Gasteiger partial charge in [-0.1, -0.05) is 5.92 Å². The molecule has 126 valence electrons. The lowest BCUT2D eigenvalue weighted by Gasteiger charge is -2.19. The van der Waals surface area contributed by atoms with Gasteiger partial charge in [0.15, 0.2) is 0 Å². The minimum Gasteiger partial charge on any atom is -0.466 e. The van der Waals surface area contributed by atoms with E-state index in [-0.39, 0.29) is 23.7 Å². The lowest BCUT2D eigenvalue weighted by Crippen LogP contribution is -2.33. The number of terminal acetylenes is 1. The molecule has 0 aliphatic heterocycles. The number of non-ortho nitro benzene ring substituents is 1. The largest absolute Gasteiger partial charge is 0.466 e. The first-order valence-corrected chi connectivity index (χ1v) is 8.52. The van der Waals surface area contributed by atoms with Crippen molar-refractivity contribution in [3.05, 3.63) is 58.0 Å². The quantitative estimate of drug-likeness (QED) is 0.435. The monoisotopic (exact) mass is 348 g/mol. The SMILES string of the molecule is C#CCN(CCc1ccc(C)o1)S(=O)(=O)c1ccc([N+](=O)[O-])cc1. The lowest BCUT2D eigenvalue weighted by molar-refractivity contribution is -0.384. The summed E-state index contributed by atoms with van der Waals surface area (Å²) in [5, 5.41) is 10.7. The van der Waals surface area contributed by atoms with Gasteiger partial charge in [-0.15, -0.1) is 6.42 Å². The fourth-order valence-electron chi connectivity index (χ4n) is 2.13. The van der Waals surface area contributed by atoms with Gasteiger partial charge in [-0.2, -0.15) is 4.31 Å². The summed E-state index contributed by atoms with van der Waals surface area (Å²) in [6.07, 6.45) is 5.65. The topological polar surface area (TPSA) is 93.7 Å². The molecule has 1 heterocycles. The van der Waals surface area contributed by atoms with Crippen molar-refractivity contribution < 1.29 is 17.8 Å². The second-order valence-corrected chi connectivity index (χ2v) is 6.99. The third-order valence-electron chi connectivity index (χ3n) is 3.36. The van der Waals surface area contributed by atoms with E-state index in [1.54, 1.807) is 19.1 Å². The van der Waals surface area contributed by atoms with Gasteiger partial charge in [-0.3, -0.25) is 10.1 Å². The maximum absolute atomic E-state index is 12.7. The Hall–Kier alpha value is -2.63. The van der Waals surface area contributed by atoms with Gasteiger partial charge >= 0.3 is 0 Å². The minimum atomic E-state index is -3.84. The van der Waals surface area contributed by atoms with E-state index in [9.17, 15) is 18.5 Å². The molecule has 24 heavy (non-hydrogen) atoms. The highest BCUT2D eigenvalue weighted by molar-refractivity contribution is 7.89. The molecule has 7 nitrogen and oxygen atoms in total. The Labute approximate surface area is 140 Å². The molecule has 8 heteroatoms. The normalized spacial score (nSPS) is 11.4. The molecule has 1 aromatic heterocycles. The molecule has 0 bridgehead atoms. The van der Waals surface area contributed by atoms with Crippen LogP contribution in [0, 0.1) is 29.4 Å². The first-order chi connectivity index (χ1) is 11.3. The van der Waals surface area contributed by atoms with Crippen LogP contribution in [-0.2, 0) is 16.4 Å². The van der Waals surface area contributed by atoms with Crippen molar-refractivity contribution in [1.29, 1.82) is 0 Å². The van der Waals surface area contributed by atoms with Gasteiger partial charge in [0.2, 0.25) is 10.0 Å². The lowest BCUT2D eigenvalue weighted by atomic mass is 10.3. The number of nitro groups is 1.